The van der Waals surface area contributed by atoms with Gasteiger partial charge in [-0.25, -0.2) is 4.68 Å². The molecule has 0 spiro atoms. The zero-order chi connectivity index (χ0) is 15.3. The number of benzene rings is 1. The van der Waals surface area contributed by atoms with Crippen LogP contribution >= 0.6 is 0 Å². The minimum atomic E-state index is 0.263. The molecule has 1 aromatic carbocycles. The molecule has 0 bridgehead atoms. The highest BCUT2D eigenvalue weighted by Gasteiger charge is 2.18. The number of hydrogen-bond acceptors (Lipinski definition) is 3. The summed E-state index contributed by atoms with van der Waals surface area (Å²) in [4.78, 5) is 2.23. The van der Waals surface area contributed by atoms with Crippen LogP contribution in [-0.4, -0.2) is 41.9 Å². The van der Waals surface area contributed by atoms with Gasteiger partial charge in [-0.2, -0.15) is 5.10 Å². The highest BCUT2D eigenvalue weighted by atomic mass is 15.3. The van der Waals surface area contributed by atoms with Crippen LogP contribution in [0.1, 0.15) is 19.4 Å². The van der Waals surface area contributed by atoms with Crippen molar-refractivity contribution in [3.05, 3.63) is 48.3 Å². The fraction of sp³-hybridized carbons (Fsp3) is 0.471. The second kappa shape index (κ2) is 6.87. The average Bonchev–Trinajstić information content (AvgIpc) is 2.87. The molecule has 0 fully saturated rings. The van der Waals surface area contributed by atoms with Crippen LogP contribution in [0.3, 0.4) is 0 Å². The number of hydrogen-bond donors (Lipinski definition) is 1. The minimum absolute atomic E-state index is 0.263. The molecule has 1 heterocycles. The van der Waals surface area contributed by atoms with Gasteiger partial charge in [0.15, 0.2) is 0 Å². The molecule has 0 saturated heterocycles. The standard InChI is InChI=1S/C17H26N4/c1-17(2,14-20(3)4)13-18-10-15-11-19-21(12-15)16-8-6-5-7-9-16/h5-9,11-12,18H,10,13-14H2,1-4H3. The largest absolute Gasteiger partial charge is 0.312 e. The van der Waals surface area contributed by atoms with Crippen molar-refractivity contribution in [2.75, 3.05) is 27.2 Å². The quantitative estimate of drug-likeness (QED) is 0.849. The molecule has 0 saturated carbocycles. The third kappa shape index (κ3) is 4.99. The summed E-state index contributed by atoms with van der Waals surface area (Å²) in [5, 5.41) is 7.95. The molecular weight excluding hydrogens is 260 g/mol. The molecule has 0 aliphatic heterocycles. The summed E-state index contributed by atoms with van der Waals surface area (Å²) in [5.41, 5.74) is 2.56. The molecule has 0 unspecified atom stereocenters. The molecule has 4 nitrogen and oxygen atoms in total. The lowest BCUT2D eigenvalue weighted by molar-refractivity contribution is 0.232. The molecular formula is C17H26N4. The van der Waals surface area contributed by atoms with Crippen LogP contribution in [0.4, 0.5) is 0 Å². The molecule has 2 aromatic rings. The fourth-order valence-corrected chi connectivity index (χ4v) is 2.63. The van der Waals surface area contributed by atoms with Crippen molar-refractivity contribution in [1.82, 2.24) is 20.0 Å². The van der Waals surface area contributed by atoms with Gasteiger partial charge >= 0.3 is 0 Å². The number of para-hydroxylation sites is 1. The first-order valence-corrected chi connectivity index (χ1v) is 7.41. The third-order valence-corrected chi connectivity index (χ3v) is 3.33. The number of nitrogens with zero attached hydrogens (tertiary/aromatic N) is 3. The molecule has 0 aliphatic carbocycles. The normalized spacial score (nSPS) is 12.0. The van der Waals surface area contributed by atoms with Crippen LogP contribution in [0.2, 0.25) is 0 Å². The van der Waals surface area contributed by atoms with Gasteiger partial charge in [0.1, 0.15) is 0 Å². The Labute approximate surface area is 127 Å². The monoisotopic (exact) mass is 286 g/mol. The molecule has 2 rings (SSSR count). The Morgan fingerprint density at radius 2 is 1.90 bits per heavy atom. The van der Waals surface area contributed by atoms with E-state index >= 15 is 0 Å². The van der Waals surface area contributed by atoms with E-state index in [1.54, 1.807) is 0 Å². The maximum Gasteiger partial charge on any atom is 0.0645 e. The molecule has 0 atom stereocenters. The maximum absolute atomic E-state index is 4.42. The van der Waals surface area contributed by atoms with E-state index in [9.17, 15) is 0 Å². The van der Waals surface area contributed by atoms with E-state index in [0.29, 0.717) is 0 Å². The van der Waals surface area contributed by atoms with Gasteiger partial charge in [-0.15, -0.1) is 0 Å². The Balaban J connectivity index is 1.86. The maximum atomic E-state index is 4.42. The Bertz CT molecular complexity index is 543. The van der Waals surface area contributed by atoms with E-state index in [4.69, 9.17) is 0 Å². The SMILES string of the molecule is CN(C)CC(C)(C)CNCc1cnn(-c2ccccc2)c1. The van der Waals surface area contributed by atoms with Crippen molar-refractivity contribution in [3.8, 4) is 5.69 Å². The fourth-order valence-electron chi connectivity index (χ4n) is 2.63. The van der Waals surface area contributed by atoms with Gasteiger partial charge in [0, 0.05) is 31.4 Å². The van der Waals surface area contributed by atoms with Crippen LogP contribution < -0.4 is 5.32 Å². The highest BCUT2D eigenvalue weighted by Crippen LogP contribution is 2.14. The van der Waals surface area contributed by atoms with Gasteiger partial charge in [0.25, 0.3) is 0 Å². The van der Waals surface area contributed by atoms with Crippen LogP contribution in [0, 0.1) is 5.41 Å². The molecule has 0 radical (unpaired) electrons. The lowest BCUT2D eigenvalue weighted by atomic mass is 9.93. The topological polar surface area (TPSA) is 33.1 Å². The van der Waals surface area contributed by atoms with Gasteiger partial charge in [-0.1, -0.05) is 32.0 Å². The Hall–Kier alpha value is -1.65. The molecule has 4 heteroatoms. The van der Waals surface area contributed by atoms with E-state index in [0.717, 1.165) is 25.3 Å². The van der Waals surface area contributed by atoms with E-state index in [-0.39, 0.29) is 5.41 Å². The van der Waals surface area contributed by atoms with Crippen LogP contribution in [-0.2, 0) is 6.54 Å². The zero-order valence-corrected chi connectivity index (χ0v) is 13.5. The molecule has 0 aliphatic rings. The van der Waals surface area contributed by atoms with Crippen LogP contribution in [0.5, 0.6) is 0 Å². The van der Waals surface area contributed by atoms with E-state index in [1.165, 1.54) is 5.56 Å². The Morgan fingerprint density at radius 1 is 1.19 bits per heavy atom. The first-order chi connectivity index (χ1) is 9.96. The Morgan fingerprint density at radius 3 is 2.57 bits per heavy atom. The summed E-state index contributed by atoms with van der Waals surface area (Å²) in [6.07, 6.45) is 4.01. The van der Waals surface area contributed by atoms with Crippen molar-refractivity contribution in [2.45, 2.75) is 20.4 Å². The minimum Gasteiger partial charge on any atom is -0.312 e. The van der Waals surface area contributed by atoms with Gasteiger partial charge in [0.2, 0.25) is 0 Å². The summed E-state index contributed by atoms with van der Waals surface area (Å²) < 4.78 is 1.92. The van der Waals surface area contributed by atoms with Crippen molar-refractivity contribution in [1.29, 1.82) is 0 Å². The van der Waals surface area contributed by atoms with Gasteiger partial charge in [-0.3, -0.25) is 0 Å². The zero-order valence-electron chi connectivity index (χ0n) is 13.5. The summed E-state index contributed by atoms with van der Waals surface area (Å²) >= 11 is 0. The second-order valence-electron chi connectivity index (χ2n) is 6.63. The predicted molar refractivity (Wildman–Crippen MR) is 87.6 cm³/mol. The van der Waals surface area contributed by atoms with Crippen molar-refractivity contribution < 1.29 is 0 Å². The van der Waals surface area contributed by atoms with Crippen LogP contribution in [0.15, 0.2) is 42.7 Å². The van der Waals surface area contributed by atoms with E-state index in [2.05, 4.69) is 61.6 Å². The number of aromatic nitrogens is 2. The molecule has 0 amide bonds. The van der Waals surface area contributed by atoms with Gasteiger partial charge in [-0.05, 0) is 31.6 Å². The van der Waals surface area contributed by atoms with E-state index in [1.807, 2.05) is 29.1 Å². The lowest BCUT2D eigenvalue weighted by Crippen LogP contribution is -2.37. The summed E-state index contributed by atoms with van der Waals surface area (Å²) in [6, 6.07) is 10.2. The van der Waals surface area contributed by atoms with E-state index < -0.39 is 0 Å². The molecule has 1 aromatic heterocycles. The van der Waals surface area contributed by atoms with Crippen LogP contribution in [0.25, 0.3) is 5.69 Å². The Kier molecular flexibility index (Phi) is 5.15. The van der Waals surface area contributed by atoms with Crippen molar-refractivity contribution in [2.24, 2.45) is 5.41 Å². The number of rotatable bonds is 7. The van der Waals surface area contributed by atoms with Crippen molar-refractivity contribution in [3.63, 3.8) is 0 Å². The molecule has 1 N–H and O–H groups in total. The van der Waals surface area contributed by atoms with Gasteiger partial charge in [0.05, 0.1) is 11.9 Å². The summed E-state index contributed by atoms with van der Waals surface area (Å²) in [7, 11) is 4.23. The average molecular weight is 286 g/mol. The summed E-state index contributed by atoms with van der Waals surface area (Å²) in [5.74, 6) is 0. The molecule has 114 valence electrons. The number of nitrogens with one attached hydrogen (secondary N) is 1. The summed E-state index contributed by atoms with van der Waals surface area (Å²) in [6.45, 7) is 7.48. The van der Waals surface area contributed by atoms with Gasteiger partial charge < -0.3 is 10.2 Å². The first kappa shape index (κ1) is 15.7. The second-order valence-corrected chi connectivity index (χ2v) is 6.63. The lowest BCUT2D eigenvalue weighted by Gasteiger charge is -2.28. The third-order valence-electron chi connectivity index (χ3n) is 3.33. The molecule has 21 heavy (non-hydrogen) atoms. The smallest absolute Gasteiger partial charge is 0.0645 e. The highest BCUT2D eigenvalue weighted by molar-refractivity contribution is 5.30. The van der Waals surface area contributed by atoms with Crippen molar-refractivity contribution >= 4 is 0 Å². The predicted octanol–water partition coefficient (Wildman–Crippen LogP) is 2.55. The first-order valence-electron chi connectivity index (χ1n) is 7.41.